The Bertz CT molecular complexity index is 420. The maximum atomic E-state index is 6.44. The highest BCUT2D eigenvalue weighted by Gasteiger charge is 2.35. The van der Waals surface area contributed by atoms with Crippen LogP contribution in [0, 0.1) is 0 Å². The molecule has 1 aromatic carbocycles. The van der Waals surface area contributed by atoms with Gasteiger partial charge in [-0.3, -0.25) is 4.90 Å². The van der Waals surface area contributed by atoms with Crippen molar-refractivity contribution >= 4 is 23.2 Å². The van der Waals surface area contributed by atoms with Crippen LogP contribution in [0.4, 0.5) is 0 Å². The molecule has 0 aromatic heterocycles. The Morgan fingerprint density at radius 1 is 1.21 bits per heavy atom. The zero-order chi connectivity index (χ0) is 14.0. The highest BCUT2D eigenvalue weighted by atomic mass is 35.5. The second kappa shape index (κ2) is 6.01. The van der Waals surface area contributed by atoms with Crippen molar-refractivity contribution in [2.45, 2.75) is 44.7 Å². The van der Waals surface area contributed by atoms with E-state index in [9.17, 15) is 0 Å². The fraction of sp³-hybridized carbons (Fsp3) is 0.600. The molecule has 106 valence electrons. The first-order valence-corrected chi connectivity index (χ1v) is 7.62. The molecule has 1 atom stereocenters. The second-order valence-corrected chi connectivity index (χ2v) is 6.67. The van der Waals surface area contributed by atoms with Gasteiger partial charge in [0.2, 0.25) is 0 Å². The number of rotatable bonds is 4. The lowest BCUT2D eigenvalue weighted by Gasteiger charge is -2.40. The molecule has 1 aromatic rings. The topological polar surface area (TPSA) is 29.3 Å². The van der Waals surface area contributed by atoms with Crippen molar-refractivity contribution in [1.29, 1.82) is 0 Å². The van der Waals surface area contributed by atoms with Gasteiger partial charge in [0.25, 0.3) is 0 Å². The van der Waals surface area contributed by atoms with E-state index in [1.807, 2.05) is 18.2 Å². The van der Waals surface area contributed by atoms with Crippen LogP contribution in [0.2, 0.25) is 10.0 Å². The van der Waals surface area contributed by atoms with Crippen molar-refractivity contribution in [1.82, 2.24) is 4.90 Å². The van der Waals surface area contributed by atoms with Gasteiger partial charge in [0.15, 0.2) is 0 Å². The Morgan fingerprint density at radius 2 is 1.74 bits per heavy atom. The second-order valence-electron chi connectivity index (χ2n) is 5.86. The van der Waals surface area contributed by atoms with Gasteiger partial charge in [-0.1, -0.05) is 29.3 Å². The first-order chi connectivity index (χ1) is 8.93. The molecule has 0 bridgehead atoms. The van der Waals surface area contributed by atoms with E-state index in [1.54, 1.807) is 0 Å². The van der Waals surface area contributed by atoms with Crippen LogP contribution in [0.5, 0.6) is 0 Å². The highest BCUT2D eigenvalue weighted by molar-refractivity contribution is 6.36. The number of likely N-dealkylation sites (tertiary alicyclic amines) is 1. The number of nitrogens with two attached hydrogens (primary N) is 1. The molecule has 1 saturated heterocycles. The largest absolute Gasteiger partial charge is 0.326 e. The van der Waals surface area contributed by atoms with Gasteiger partial charge >= 0.3 is 0 Å². The van der Waals surface area contributed by atoms with Gasteiger partial charge < -0.3 is 5.73 Å². The lowest BCUT2D eigenvalue weighted by Crippen LogP contribution is -2.56. The van der Waals surface area contributed by atoms with Crippen LogP contribution in [-0.4, -0.2) is 29.6 Å². The van der Waals surface area contributed by atoms with E-state index in [2.05, 4.69) is 18.7 Å². The van der Waals surface area contributed by atoms with E-state index in [-0.39, 0.29) is 11.6 Å². The maximum Gasteiger partial charge on any atom is 0.0453 e. The first-order valence-electron chi connectivity index (χ1n) is 6.86. The summed E-state index contributed by atoms with van der Waals surface area (Å²) in [4.78, 5) is 2.47. The van der Waals surface area contributed by atoms with Crippen molar-refractivity contribution in [3.8, 4) is 0 Å². The summed E-state index contributed by atoms with van der Waals surface area (Å²) in [6, 6.07) is 5.63. The normalized spacial score (nSPS) is 18.8. The number of hydrogen-bond donors (Lipinski definition) is 1. The van der Waals surface area contributed by atoms with Crippen LogP contribution >= 0.6 is 23.2 Å². The molecular formula is C15H22Cl2N2. The summed E-state index contributed by atoms with van der Waals surface area (Å²) in [5, 5.41) is 1.42. The van der Waals surface area contributed by atoms with E-state index in [4.69, 9.17) is 28.9 Å². The zero-order valence-corrected chi connectivity index (χ0v) is 13.1. The molecule has 0 saturated carbocycles. The van der Waals surface area contributed by atoms with Crippen molar-refractivity contribution < 1.29 is 0 Å². The number of hydrogen-bond acceptors (Lipinski definition) is 2. The minimum Gasteiger partial charge on any atom is -0.326 e. The van der Waals surface area contributed by atoms with Crippen LogP contribution in [0.15, 0.2) is 18.2 Å². The average Bonchev–Trinajstić information content (AvgIpc) is 2.88. The molecule has 0 amide bonds. The zero-order valence-electron chi connectivity index (χ0n) is 11.6. The summed E-state index contributed by atoms with van der Waals surface area (Å²) >= 11 is 12.5. The lowest BCUT2D eigenvalue weighted by atomic mass is 9.88. The van der Waals surface area contributed by atoms with E-state index in [1.165, 1.54) is 12.8 Å². The number of halogens is 2. The van der Waals surface area contributed by atoms with Gasteiger partial charge in [-0.15, -0.1) is 0 Å². The highest BCUT2D eigenvalue weighted by Crippen LogP contribution is 2.30. The molecule has 4 heteroatoms. The molecule has 1 aliphatic rings. The summed E-state index contributed by atoms with van der Waals surface area (Å²) in [7, 11) is 0. The molecule has 0 spiro atoms. The Hall–Kier alpha value is -0.280. The van der Waals surface area contributed by atoms with E-state index in [0.29, 0.717) is 16.5 Å². The standard InChI is InChI=1S/C15H22Cl2N2/c1-15(2,19-8-3-4-9-19)14(18)10-11-12(16)6-5-7-13(11)17/h5-7,14H,3-4,8-10,18H2,1-2H3. The van der Waals surface area contributed by atoms with E-state index >= 15 is 0 Å². The predicted molar refractivity (Wildman–Crippen MR) is 83.0 cm³/mol. The summed E-state index contributed by atoms with van der Waals surface area (Å²) in [5.74, 6) is 0. The Morgan fingerprint density at radius 3 is 2.26 bits per heavy atom. The summed E-state index contributed by atoms with van der Waals surface area (Å²) in [5.41, 5.74) is 7.38. The van der Waals surface area contributed by atoms with Crippen molar-refractivity contribution in [3.63, 3.8) is 0 Å². The molecule has 0 radical (unpaired) electrons. The Balaban J connectivity index is 2.13. The summed E-state index contributed by atoms with van der Waals surface area (Å²) in [6.45, 7) is 6.70. The summed E-state index contributed by atoms with van der Waals surface area (Å²) in [6.07, 6.45) is 3.24. The number of benzene rings is 1. The van der Waals surface area contributed by atoms with Gasteiger partial charge in [-0.2, -0.15) is 0 Å². The summed E-state index contributed by atoms with van der Waals surface area (Å²) < 4.78 is 0. The number of nitrogens with zero attached hydrogens (tertiary/aromatic N) is 1. The van der Waals surface area contributed by atoms with Crippen LogP contribution < -0.4 is 5.73 Å². The Labute approximate surface area is 125 Å². The Kier molecular flexibility index (Phi) is 4.78. The molecule has 1 aliphatic heterocycles. The minimum absolute atomic E-state index is 0.0167. The van der Waals surface area contributed by atoms with Gasteiger partial charge in [0.05, 0.1) is 0 Å². The van der Waals surface area contributed by atoms with E-state index < -0.39 is 0 Å². The molecule has 1 fully saturated rings. The lowest BCUT2D eigenvalue weighted by molar-refractivity contribution is 0.123. The smallest absolute Gasteiger partial charge is 0.0453 e. The maximum absolute atomic E-state index is 6.44. The van der Waals surface area contributed by atoms with Gasteiger partial charge in [-0.25, -0.2) is 0 Å². The molecule has 2 rings (SSSR count). The molecule has 1 heterocycles. The molecule has 0 aliphatic carbocycles. The fourth-order valence-corrected chi connectivity index (χ4v) is 3.28. The molecule has 1 unspecified atom stereocenters. The molecule has 19 heavy (non-hydrogen) atoms. The third-order valence-electron chi connectivity index (χ3n) is 4.31. The van der Waals surface area contributed by atoms with Gasteiger partial charge in [0, 0.05) is 21.6 Å². The quantitative estimate of drug-likeness (QED) is 0.918. The van der Waals surface area contributed by atoms with Gasteiger partial charge in [0.1, 0.15) is 0 Å². The molecular weight excluding hydrogens is 279 g/mol. The molecule has 2 nitrogen and oxygen atoms in total. The van der Waals surface area contributed by atoms with E-state index in [0.717, 1.165) is 18.7 Å². The van der Waals surface area contributed by atoms with Crippen molar-refractivity contribution in [2.24, 2.45) is 5.73 Å². The third-order valence-corrected chi connectivity index (χ3v) is 5.02. The molecule has 2 N–H and O–H groups in total. The SMILES string of the molecule is CC(C)(C(N)Cc1c(Cl)cccc1Cl)N1CCCC1. The van der Waals surface area contributed by atoms with Crippen molar-refractivity contribution in [2.75, 3.05) is 13.1 Å². The van der Waals surface area contributed by atoms with Crippen LogP contribution in [0.25, 0.3) is 0 Å². The minimum atomic E-state index is -0.0288. The fourth-order valence-electron chi connectivity index (χ4n) is 2.72. The van der Waals surface area contributed by atoms with Gasteiger partial charge in [-0.05, 0) is 63.9 Å². The van der Waals surface area contributed by atoms with Crippen LogP contribution in [-0.2, 0) is 6.42 Å². The van der Waals surface area contributed by atoms with Crippen LogP contribution in [0.1, 0.15) is 32.3 Å². The van der Waals surface area contributed by atoms with Crippen molar-refractivity contribution in [3.05, 3.63) is 33.8 Å². The average molecular weight is 301 g/mol. The van der Waals surface area contributed by atoms with Crippen LogP contribution in [0.3, 0.4) is 0 Å². The third kappa shape index (κ3) is 3.25. The predicted octanol–water partition coefficient (Wildman–Crippen LogP) is 3.74. The first kappa shape index (κ1) is 15.1. The monoisotopic (exact) mass is 300 g/mol.